The number of H-pyrrole nitrogens is 1. The van der Waals surface area contributed by atoms with Gasteiger partial charge in [0.1, 0.15) is 6.33 Å². The number of hydrogen-bond acceptors (Lipinski definition) is 3. The van der Waals surface area contributed by atoms with Gasteiger partial charge in [-0.3, -0.25) is 4.57 Å². The fraction of sp³-hybridized carbons (Fsp3) is 0.238. The third-order valence-electron chi connectivity index (χ3n) is 5.48. The van der Waals surface area contributed by atoms with E-state index in [-0.39, 0.29) is 0 Å². The molecule has 26 heavy (non-hydrogen) atoms. The zero-order valence-corrected chi connectivity index (χ0v) is 14.6. The van der Waals surface area contributed by atoms with Crippen LogP contribution < -0.4 is 0 Å². The number of aromatic amines is 1. The molecule has 3 heterocycles. The Hall–Kier alpha value is -3.10. The molecule has 0 bridgehead atoms. The Morgan fingerprint density at radius 3 is 2.96 bits per heavy atom. The molecule has 0 amide bonds. The molecule has 5 nitrogen and oxygen atoms in total. The van der Waals surface area contributed by atoms with E-state index in [1.807, 2.05) is 24.5 Å². The lowest BCUT2D eigenvalue weighted by atomic mass is 9.97. The van der Waals surface area contributed by atoms with Gasteiger partial charge < -0.3 is 9.88 Å². The van der Waals surface area contributed by atoms with Crippen molar-refractivity contribution in [2.45, 2.75) is 12.3 Å². The van der Waals surface area contributed by atoms with Gasteiger partial charge in [0, 0.05) is 29.3 Å². The first kappa shape index (κ1) is 15.2. The summed E-state index contributed by atoms with van der Waals surface area (Å²) in [6.07, 6.45) is 5.21. The zero-order valence-electron chi connectivity index (χ0n) is 14.6. The highest BCUT2D eigenvalue weighted by Gasteiger charge is 2.23. The van der Waals surface area contributed by atoms with Crippen LogP contribution in [0.4, 0.5) is 0 Å². The standard InChI is InChI=1S/C21H19N5/c1-25-7-6-15(12-25)18-11-23-19-4-3-16(9-17(18)19)26-13-24-20-8-14(10-22)2-5-21(20)26/h2-5,8-9,11,13,15,23H,6-7,12H2,1H3. The summed E-state index contributed by atoms with van der Waals surface area (Å²) in [7, 11) is 2.19. The molecule has 1 unspecified atom stereocenters. The van der Waals surface area contributed by atoms with E-state index in [0.29, 0.717) is 11.5 Å². The summed E-state index contributed by atoms with van der Waals surface area (Å²) in [5.41, 5.74) is 6.17. The maximum absolute atomic E-state index is 9.08. The van der Waals surface area contributed by atoms with Crippen LogP contribution in [0.3, 0.4) is 0 Å². The zero-order chi connectivity index (χ0) is 17.7. The number of fused-ring (bicyclic) bond motifs is 2. The molecular formula is C21H19N5. The largest absolute Gasteiger partial charge is 0.361 e. The molecule has 1 atom stereocenters. The van der Waals surface area contributed by atoms with Gasteiger partial charge in [0.25, 0.3) is 0 Å². The fourth-order valence-electron chi connectivity index (χ4n) is 4.09. The molecule has 0 spiro atoms. The van der Waals surface area contributed by atoms with Gasteiger partial charge in [-0.25, -0.2) is 4.98 Å². The van der Waals surface area contributed by atoms with E-state index in [1.54, 1.807) is 0 Å². The third-order valence-corrected chi connectivity index (χ3v) is 5.48. The van der Waals surface area contributed by atoms with Gasteiger partial charge in [-0.2, -0.15) is 5.26 Å². The lowest BCUT2D eigenvalue weighted by Gasteiger charge is -2.10. The minimum Gasteiger partial charge on any atom is -0.361 e. The molecule has 5 rings (SSSR count). The van der Waals surface area contributed by atoms with Crippen LogP contribution in [0, 0.1) is 11.3 Å². The highest BCUT2D eigenvalue weighted by atomic mass is 15.1. The maximum atomic E-state index is 9.08. The number of rotatable bonds is 2. The van der Waals surface area contributed by atoms with Gasteiger partial charge in [-0.05, 0) is 67.9 Å². The molecule has 1 fully saturated rings. The third kappa shape index (κ3) is 2.31. The molecule has 1 aliphatic rings. The van der Waals surface area contributed by atoms with E-state index >= 15 is 0 Å². The van der Waals surface area contributed by atoms with Crippen LogP contribution in [0.15, 0.2) is 48.9 Å². The summed E-state index contributed by atoms with van der Waals surface area (Å²) in [6, 6.07) is 14.3. The number of hydrogen-bond donors (Lipinski definition) is 1. The van der Waals surface area contributed by atoms with Gasteiger partial charge in [0.15, 0.2) is 0 Å². The van der Waals surface area contributed by atoms with E-state index in [2.05, 4.69) is 56.9 Å². The molecule has 1 saturated heterocycles. The molecule has 0 aliphatic carbocycles. The molecule has 0 radical (unpaired) electrons. The van der Waals surface area contributed by atoms with Gasteiger partial charge in [-0.1, -0.05) is 0 Å². The predicted octanol–water partition coefficient (Wildman–Crippen LogP) is 3.80. The second kappa shape index (κ2) is 5.72. The molecule has 2 aromatic carbocycles. The van der Waals surface area contributed by atoms with Crippen LogP contribution in [0.2, 0.25) is 0 Å². The van der Waals surface area contributed by atoms with E-state index in [9.17, 15) is 0 Å². The Kier molecular flexibility index (Phi) is 3.34. The average molecular weight is 341 g/mol. The van der Waals surface area contributed by atoms with Crippen LogP contribution >= 0.6 is 0 Å². The lowest BCUT2D eigenvalue weighted by molar-refractivity contribution is 0.412. The number of aromatic nitrogens is 3. The molecule has 2 aromatic heterocycles. The summed E-state index contributed by atoms with van der Waals surface area (Å²) >= 11 is 0. The molecule has 1 N–H and O–H groups in total. The van der Waals surface area contributed by atoms with Crippen LogP contribution in [0.1, 0.15) is 23.5 Å². The molecule has 4 aromatic rings. The fourth-order valence-corrected chi connectivity index (χ4v) is 4.09. The van der Waals surface area contributed by atoms with Crippen molar-refractivity contribution in [2.75, 3.05) is 20.1 Å². The van der Waals surface area contributed by atoms with E-state index in [0.717, 1.165) is 29.8 Å². The number of nitrogens with one attached hydrogen (secondary N) is 1. The Morgan fingerprint density at radius 1 is 1.23 bits per heavy atom. The van der Waals surface area contributed by atoms with Crippen LogP contribution in [-0.4, -0.2) is 39.6 Å². The van der Waals surface area contributed by atoms with Crippen molar-refractivity contribution < 1.29 is 0 Å². The summed E-state index contributed by atoms with van der Waals surface area (Å²) in [5, 5.41) is 10.4. The first-order chi connectivity index (χ1) is 12.7. The van der Waals surface area contributed by atoms with Crippen molar-refractivity contribution in [1.82, 2.24) is 19.4 Å². The van der Waals surface area contributed by atoms with Crippen LogP contribution in [0.25, 0.3) is 27.6 Å². The number of imidazole rings is 1. The summed E-state index contributed by atoms with van der Waals surface area (Å²) in [6.45, 7) is 2.27. The number of benzene rings is 2. The van der Waals surface area contributed by atoms with Crippen molar-refractivity contribution in [3.63, 3.8) is 0 Å². The quantitative estimate of drug-likeness (QED) is 0.603. The summed E-state index contributed by atoms with van der Waals surface area (Å²) < 4.78 is 2.09. The number of likely N-dealkylation sites (N-methyl/N-ethyl adjacent to an activating group) is 1. The Labute approximate surface area is 151 Å². The maximum Gasteiger partial charge on any atom is 0.100 e. The van der Waals surface area contributed by atoms with Crippen molar-refractivity contribution in [2.24, 2.45) is 0 Å². The normalized spacial score (nSPS) is 17.9. The Bertz CT molecular complexity index is 1160. The van der Waals surface area contributed by atoms with Crippen molar-refractivity contribution in [1.29, 1.82) is 5.26 Å². The second-order valence-corrected chi connectivity index (χ2v) is 7.15. The molecule has 0 saturated carbocycles. The van der Waals surface area contributed by atoms with E-state index in [1.165, 1.54) is 22.9 Å². The predicted molar refractivity (Wildman–Crippen MR) is 102 cm³/mol. The van der Waals surface area contributed by atoms with Gasteiger partial charge in [0.05, 0.1) is 22.7 Å². The first-order valence-corrected chi connectivity index (χ1v) is 8.90. The van der Waals surface area contributed by atoms with Crippen LogP contribution in [-0.2, 0) is 0 Å². The van der Waals surface area contributed by atoms with E-state index in [4.69, 9.17) is 5.26 Å². The van der Waals surface area contributed by atoms with Gasteiger partial charge >= 0.3 is 0 Å². The molecule has 128 valence electrons. The van der Waals surface area contributed by atoms with E-state index < -0.39 is 0 Å². The molecule has 5 heteroatoms. The Balaban J connectivity index is 1.63. The summed E-state index contributed by atoms with van der Waals surface area (Å²) in [5.74, 6) is 0.585. The van der Waals surface area contributed by atoms with Gasteiger partial charge in [0.2, 0.25) is 0 Å². The molecule has 1 aliphatic heterocycles. The van der Waals surface area contributed by atoms with Crippen LogP contribution in [0.5, 0.6) is 0 Å². The lowest BCUT2D eigenvalue weighted by Crippen LogP contribution is -2.13. The van der Waals surface area contributed by atoms with Crippen molar-refractivity contribution >= 4 is 21.9 Å². The summed E-state index contributed by atoms with van der Waals surface area (Å²) in [4.78, 5) is 10.3. The smallest absolute Gasteiger partial charge is 0.100 e. The highest BCUT2D eigenvalue weighted by molar-refractivity contribution is 5.87. The number of likely N-dealkylation sites (tertiary alicyclic amines) is 1. The first-order valence-electron chi connectivity index (χ1n) is 8.90. The minimum atomic E-state index is 0.585. The monoisotopic (exact) mass is 341 g/mol. The number of nitrogens with zero attached hydrogens (tertiary/aromatic N) is 4. The second-order valence-electron chi connectivity index (χ2n) is 7.15. The highest BCUT2D eigenvalue weighted by Crippen LogP contribution is 2.33. The Morgan fingerprint density at radius 2 is 2.15 bits per heavy atom. The van der Waals surface area contributed by atoms with Gasteiger partial charge in [-0.15, -0.1) is 0 Å². The van der Waals surface area contributed by atoms with Crippen molar-refractivity contribution in [3.05, 3.63) is 60.0 Å². The molecular weight excluding hydrogens is 322 g/mol. The van der Waals surface area contributed by atoms with Crippen molar-refractivity contribution in [3.8, 4) is 11.8 Å². The SMILES string of the molecule is CN1CCC(c2c[nH]c3ccc(-n4cnc5cc(C#N)ccc54)cc23)C1. The average Bonchev–Trinajstić information content (AvgIpc) is 3.37. The minimum absolute atomic E-state index is 0.585. The number of nitriles is 1. The topological polar surface area (TPSA) is 60.6 Å².